The maximum atomic E-state index is 10.2. The average Bonchev–Trinajstić information content (AvgIpc) is 2.01. The van der Waals surface area contributed by atoms with E-state index in [2.05, 4.69) is 25.8 Å². The summed E-state index contributed by atoms with van der Waals surface area (Å²) in [6.07, 6.45) is 4.24. The third-order valence-electron chi connectivity index (χ3n) is 2.93. The highest BCUT2D eigenvalue weighted by Crippen LogP contribution is 2.26. The Morgan fingerprint density at radius 3 is 2.69 bits per heavy atom. The van der Waals surface area contributed by atoms with Crippen LogP contribution in [0.25, 0.3) is 0 Å². The fraction of sp³-hybridized carbons (Fsp3) is 1.00. The van der Waals surface area contributed by atoms with Crippen LogP contribution < -0.4 is 0 Å². The molecule has 1 atom stereocenters. The molecule has 2 nitrogen and oxygen atoms in total. The zero-order valence-electron chi connectivity index (χ0n) is 9.21. The van der Waals surface area contributed by atoms with Crippen LogP contribution in [0.3, 0.4) is 0 Å². The molecule has 1 aliphatic rings. The van der Waals surface area contributed by atoms with Crippen molar-refractivity contribution in [3.8, 4) is 0 Å². The van der Waals surface area contributed by atoms with Crippen LogP contribution in [0.4, 0.5) is 0 Å². The van der Waals surface area contributed by atoms with Crippen LogP contribution >= 0.6 is 0 Å². The van der Waals surface area contributed by atoms with Gasteiger partial charge in [-0.15, -0.1) is 0 Å². The van der Waals surface area contributed by atoms with Crippen molar-refractivity contribution < 1.29 is 5.11 Å². The smallest absolute Gasteiger partial charge is 0.0774 e. The van der Waals surface area contributed by atoms with Crippen LogP contribution in [-0.2, 0) is 0 Å². The summed E-state index contributed by atoms with van der Waals surface area (Å²) in [5.74, 6) is 0.705. The Kier molecular flexibility index (Phi) is 3.74. The van der Waals surface area contributed by atoms with E-state index in [4.69, 9.17) is 0 Å². The third-order valence-corrected chi connectivity index (χ3v) is 2.93. The molecule has 1 aliphatic heterocycles. The van der Waals surface area contributed by atoms with Gasteiger partial charge in [0.15, 0.2) is 0 Å². The molecule has 1 fully saturated rings. The molecule has 1 saturated heterocycles. The van der Waals surface area contributed by atoms with E-state index in [0.717, 1.165) is 38.8 Å². The van der Waals surface area contributed by atoms with Crippen LogP contribution in [0, 0.1) is 5.92 Å². The summed E-state index contributed by atoms with van der Waals surface area (Å²) in [4.78, 5) is 2.24. The zero-order chi connectivity index (χ0) is 9.90. The second kappa shape index (κ2) is 4.43. The maximum absolute atomic E-state index is 10.2. The van der Waals surface area contributed by atoms with Crippen molar-refractivity contribution in [3.05, 3.63) is 0 Å². The molecule has 0 amide bonds. The predicted molar refractivity (Wildman–Crippen MR) is 55.8 cm³/mol. The lowest BCUT2D eigenvalue weighted by atomic mass is 9.86. The second-order valence-corrected chi connectivity index (χ2v) is 5.00. The van der Waals surface area contributed by atoms with Crippen molar-refractivity contribution in [1.29, 1.82) is 0 Å². The Labute approximate surface area is 81.9 Å². The minimum atomic E-state index is -0.392. The van der Waals surface area contributed by atoms with Crippen molar-refractivity contribution in [2.75, 3.05) is 20.1 Å². The molecule has 0 radical (unpaired) electrons. The molecular formula is C11H23NO. The molecule has 78 valence electrons. The first kappa shape index (κ1) is 11.0. The first-order valence-electron chi connectivity index (χ1n) is 5.43. The fourth-order valence-corrected chi connectivity index (χ4v) is 2.10. The molecule has 0 spiro atoms. The van der Waals surface area contributed by atoms with Gasteiger partial charge in [-0.05, 0) is 45.2 Å². The van der Waals surface area contributed by atoms with Crippen molar-refractivity contribution >= 4 is 0 Å². The van der Waals surface area contributed by atoms with Crippen LogP contribution in [-0.4, -0.2) is 35.7 Å². The van der Waals surface area contributed by atoms with E-state index in [1.165, 1.54) is 0 Å². The van der Waals surface area contributed by atoms with Gasteiger partial charge >= 0.3 is 0 Å². The summed E-state index contributed by atoms with van der Waals surface area (Å²) in [7, 11) is 2.10. The van der Waals surface area contributed by atoms with Gasteiger partial charge in [-0.3, -0.25) is 0 Å². The van der Waals surface area contributed by atoms with Gasteiger partial charge in [-0.25, -0.2) is 0 Å². The summed E-state index contributed by atoms with van der Waals surface area (Å²) >= 11 is 0. The van der Waals surface area contributed by atoms with E-state index in [9.17, 15) is 5.11 Å². The molecule has 1 rings (SSSR count). The quantitative estimate of drug-likeness (QED) is 0.725. The van der Waals surface area contributed by atoms with Crippen LogP contribution in [0.2, 0.25) is 0 Å². The van der Waals surface area contributed by atoms with Gasteiger partial charge < -0.3 is 10.0 Å². The average molecular weight is 185 g/mol. The lowest BCUT2D eigenvalue weighted by molar-refractivity contribution is -0.0328. The third kappa shape index (κ3) is 3.65. The monoisotopic (exact) mass is 185 g/mol. The first-order valence-corrected chi connectivity index (χ1v) is 5.43. The Morgan fingerprint density at radius 1 is 1.46 bits per heavy atom. The molecule has 0 bridgehead atoms. The predicted octanol–water partition coefficient (Wildman–Crippen LogP) is 1.88. The largest absolute Gasteiger partial charge is 0.389 e. The van der Waals surface area contributed by atoms with Gasteiger partial charge in [0.25, 0.3) is 0 Å². The highest BCUT2D eigenvalue weighted by molar-refractivity contribution is 4.85. The van der Waals surface area contributed by atoms with Gasteiger partial charge in [-0.2, -0.15) is 0 Å². The molecule has 1 N–H and O–H groups in total. The van der Waals surface area contributed by atoms with E-state index >= 15 is 0 Å². The maximum Gasteiger partial charge on any atom is 0.0774 e. The highest BCUT2D eigenvalue weighted by Gasteiger charge is 2.31. The highest BCUT2D eigenvalue weighted by atomic mass is 16.3. The van der Waals surface area contributed by atoms with E-state index in [-0.39, 0.29) is 0 Å². The van der Waals surface area contributed by atoms with E-state index in [1.54, 1.807) is 0 Å². The standard InChI is InChI=1S/C11H23NO/c1-10(2)5-7-11(13)6-4-8-12(3)9-11/h10,13H,4-9H2,1-3H3. The van der Waals surface area contributed by atoms with Gasteiger partial charge in [0.1, 0.15) is 0 Å². The number of hydrogen-bond acceptors (Lipinski definition) is 2. The molecule has 13 heavy (non-hydrogen) atoms. The number of rotatable bonds is 3. The lowest BCUT2D eigenvalue weighted by Crippen LogP contribution is -2.46. The van der Waals surface area contributed by atoms with Crippen molar-refractivity contribution in [3.63, 3.8) is 0 Å². The van der Waals surface area contributed by atoms with E-state index < -0.39 is 5.60 Å². The Balaban J connectivity index is 2.35. The molecule has 2 heteroatoms. The van der Waals surface area contributed by atoms with E-state index in [0.29, 0.717) is 5.92 Å². The molecule has 1 heterocycles. The molecule has 0 aromatic heterocycles. The number of aliphatic hydroxyl groups is 1. The van der Waals surface area contributed by atoms with E-state index in [1.807, 2.05) is 0 Å². The van der Waals surface area contributed by atoms with Crippen molar-refractivity contribution in [2.45, 2.75) is 45.1 Å². The number of likely N-dealkylation sites (N-methyl/N-ethyl adjacent to an activating group) is 1. The number of piperidine rings is 1. The number of nitrogens with zero attached hydrogens (tertiary/aromatic N) is 1. The number of hydrogen-bond donors (Lipinski definition) is 1. The molecule has 0 aromatic carbocycles. The minimum absolute atomic E-state index is 0.392. The van der Waals surface area contributed by atoms with Crippen LogP contribution in [0.1, 0.15) is 39.5 Å². The Morgan fingerprint density at radius 2 is 2.15 bits per heavy atom. The summed E-state index contributed by atoms with van der Waals surface area (Å²) in [5.41, 5.74) is -0.392. The topological polar surface area (TPSA) is 23.5 Å². The first-order chi connectivity index (χ1) is 6.02. The number of β-amino-alcohol motifs (C(OH)–C–C–N with tert-alkyl or cyclic N) is 1. The minimum Gasteiger partial charge on any atom is -0.389 e. The van der Waals surface area contributed by atoms with Gasteiger partial charge in [0.05, 0.1) is 5.60 Å². The number of likely N-dealkylation sites (tertiary alicyclic amines) is 1. The summed E-state index contributed by atoms with van der Waals surface area (Å²) < 4.78 is 0. The molecule has 1 unspecified atom stereocenters. The zero-order valence-corrected chi connectivity index (χ0v) is 9.21. The molecule has 0 aliphatic carbocycles. The van der Waals surface area contributed by atoms with Gasteiger partial charge in [0.2, 0.25) is 0 Å². The van der Waals surface area contributed by atoms with Crippen LogP contribution in [0.15, 0.2) is 0 Å². The van der Waals surface area contributed by atoms with Crippen molar-refractivity contribution in [2.24, 2.45) is 5.92 Å². The Hall–Kier alpha value is -0.0800. The molecule has 0 aromatic rings. The molecular weight excluding hydrogens is 162 g/mol. The van der Waals surface area contributed by atoms with Gasteiger partial charge in [0, 0.05) is 6.54 Å². The second-order valence-electron chi connectivity index (χ2n) is 5.00. The van der Waals surface area contributed by atoms with Crippen molar-refractivity contribution in [1.82, 2.24) is 4.90 Å². The summed E-state index contributed by atoms with van der Waals surface area (Å²) in [5, 5.41) is 10.2. The Bertz CT molecular complexity index is 158. The SMILES string of the molecule is CC(C)CCC1(O)CCCN(C)C1. The fourth-order valence-electron chi connectivity index (χ4n) is 2.10. The summed E-state index contributed by atoms with van der Waals surface area (Å²) in [6, 6.07) is 0. The summed E-state index contributed by atoms with van der Waals surface area (Å²) in [6.45, 7) is 6.44. The van der Waals surface area contributed by atoms with Crippen LogP contribution in [0.5, 0.6) is 0 Å². The van der Waals surface area contributed by atoms with Gasteiger partial charge in [-0.1, -0.05) is 13.8 Å². The normalized spacial score (nSPS) is 31.2. The molecule has 0 saturated carbocycles. The lowest BCUT2D eigenvalue weighted by Gasteiger charge is -2.37.